The van der Waals surface area contributed by atoms with Crippen molar-refractivity contribution in [2.75, 3.05) is 11.6 Å². The van der Waals surface area contributed by atoms with Crippen LogP contribution in [-0.4, -0.2) is 19.6 Å². The number of nitrogens with zero attached hydrogens (tertiary/aromatic N) is 1. The monoisotopic (exact) mass is 324 g/mol. The zero-order valence-corrected chi connectivity index (χ0v) is 12.6. The smallest absolute Gasteiger partial charge is 0.293 e. The van der Waals surface area contributed by atoms with Gasteiger partial charge in [0.1, 0.15) is 11.5 Å². The van der Waals surface area contributed by atoms with E-state index in [0.29, 0.717) is 11.3 Å². The van der Waals surface area contributed by atoms with Crippen LogP contribution in [0.15, 0.2) is 41.3 Å². The van der Waals surface area contributed by atoms with Gasteiger partial charge in [0.05, 0.1) is 9.82 Å². The Morgan fingerprint density at radius 3 is 2.32 bits per heavy atom. The number of aryl methyl sites for hydroxylation is 1. The summed E-state index contributed by atoms with van der Waals surface area (Å²) in [7, 11) is -3.54. The molecule has 2 aromatic rings. The van der Waals surface area contributed by atoms with Gasteiger partial charge in [0.25, 0.3) is 5.69 Å². The minimum absolute atomic E-state index is 0.132. The zero-order chi connectivity index (χ0) is 16.5. The molecular formula is C14H13FN2O4S. The fraction of sp³-hybridized carbons (Fsp3) is 0.143. The second-order valence-electron chi connectivity index (χ2n) is 4.79. The molecule has 0 bridgehead atoms. The molecular weight excluding hydrogens is 311 g/mol. The van der Waals surface area contributed by atoms with Gasteiger partial charge in [-0.15, -0.1) is 0 Å². The van der Waals surface area contributed by atoms with Gasteiger partial charge in [-0.1, -0.05) is 0 Å². The van der Waals surface area contributed by atoms with Crippen molar-refractivity contribution in [3.8, 4) is 0 Å². The van der Waals surface area contributed by atoms with Gasteiger partial charge in [0.2, 0.25) is 0 Å². The quantitative estimate of drug-likeness (QED) is 0.689. The SMILES string of the molecule is Cc1cc(F)ccc1Nc1ccc(S(C)(=O)=O)cc1[N+](=O)[O-]. The topological polar surface area (TPSA) is 89.3 Å². The van der Waals surface area contributed by atoms with Crippen LogP contribution in [0.25, 0.3) is 0 Å². The first-order valence-corrected chi connectivity index (χ1v) is 8.09. The summed E-state index contributed by atoms with van der Waals surface area (Å²) in [5.41, 5.74) is 0.830. The number of nitro benzene ring substituents is 1. The van der Waals surface area contributed by atoms with E-state index in [9.17, 15) is 22.9 Å². The molecule has 0 aliphatic rings. The Morgan fingerprint density at radius 2 is 1.77 bits per heavy atom. The second-order valence-corrected chi connectivity index (χ2v) is 6.81. The predicted octanol–water partition coefficient (Wildman–Crippen LogP) is 3.19. The average Bonchev–Trinajstić information content (AvgIpc) is 2.40. The number of benzene rings is 2. The van der Waals surface area contributed by atoms with Crippen molar-refractivity contribution in [1.29, 1.82) is 0 Å². The molecule has 0 saturated heterocycles. The number of halogens is 1. The van der Waals surface area contributed by atoms with Gasteiger partial charge in [-0.3, -0.25) is 10.1 Å². The average molecular weight is 324 g/mol. The molecule has 2 rings (SSSR count). The van der Waals surface area contributed by atoms with Crippen LogP contribution in [-0.2, 0) is 9.84 Å². The lowest BCUT2D eigenvalue weighted by molar-refractivity contribution is -0.384. The normalized spacial score (nSPS) is 11.2. The fourth-order valence-electron chi connectivity index (χ4n) is 1.91. The molecule has 1 N–H and O–H groups in total. The lowest BCUT2D eigenvalue weighted by Gasteiger charge is -2.10. The lowest BCUT2D eigenvalue weighted by Crippen LogP contribution is -2.02. The summed E-state index contributed by atoms with van der Waals surface area (Å²) in [6.45, 7) is 1.65. The molecule has 22 heavy (non-hydrogen) atoms. The number of rotatable bonds is 4. The Morgan fingerprint density at radius 1 is 1.14 bits per heavy atom. The first-order valence-electron chi connectivity index (χ1n) is 6.20. The van der Waals surface area contributed by atoms with E-state index in [4.69, 9.17) is 0 Å². The number of hydrogen-bond donors (Lipinski definition) is 1. The fourth-order valence-corrected chi connectivity index (χ4v) is 2.55. The van der Waals surface area contributed by atoms with E-state index in [1.165, 1.54) is 30.3 Å². The molecule has 2 aromatic carbocycles. The maximum atomic E-state index is 13.1. The van der Waals surface area contributed by atoms with Crippen molar-refractivity contribution in [1.82, 2.24) is 0 Å². The van der Waals surface area contributed by atoms with Crippen LogP contribution in [0, 0.1) is 22.9 Å². The van der Waals surface area contributed by atoms with Gasteiger partial charge in [-0.2, -0.15) is 0 Å². The maximum Gasteiger partial charge on any atom is 0.293 e. The zero-order valence-electron chi connectivity index (χ0n) is 11.8. The molecule has 0 aliphatic carbocycles. The van der Waals surface area contributed by atoms with Crippen LogP contribution < -0.4 is 5.32 Å². The second kappa shape index (κ2) is 5.72. The Hall–Kier alpha value is -2.48. The molecule has 0 spiro atoms. The minimum atomic E-state index is -3.54. The molecule has 0 aromatic heterocycles. The van der Waals surface area contributed by atoms with E-state index in [1.807, 2.05) is 0 Å². The number of nitro groups is 1. The van der Waals surface area contributed by atoms with Crippen LogP contribution >= 0.6 is 0 Å². The molecule has 0 fully saturated rings. The van der Waals surface area contributed by atoms with Crippen molar-refractivity contribution >= 4 is 26.9 Å². The first kappa shape index (κ1) is 15.9. The van der Waals surface area contributed by atoms with Crippen molar-refractivity contribution < 1.29 is 17.7 Å². The van der Waals surface area contributed by atoms with E-state index in [1.54, 1.807) is 6.92 Å². The number of nitrogens with one attached hydrogen (secondary N) is 1. The van der Waals surface area contributed by atoms with E-state index in [0.717, 1.165) is 12.3 Å². The first-order chi connectivity index (χ1) is 10.2. The number of sulfone groups is 1. The highest BCUT2D eigenvalue weighted by Gasteiger charge is 2.19. The predicted molar refractivity (Wildman–Crippen MR) is 80.6 cm³/mol. The molecule has 0 aliphatic heterocycles. The summed E-state index contributed by atoms with van der Waals surface area (Å²) in [6, 6.07) is 7.57. The van der Waals surface area contributed by atoms with Gasteiger partial charge in [-0.25, -0.2) is 12.8 Å². The van der Waals surface area contributed by atoms with Gasteiger partial charge >= 0.3 is 0 Å². The standard InChI is InChI=1S/C14H13FN2O4S/c1-9-7-10(15)3-5-12(9)16-13-6-4-11(22(2,20)21)8-14(13)17(18)19/h3-8,16H,1-2H3. The molecule has 0 heterocycles. The largest absolute Gasteiger partial charge is 0.350 e. The van der Waals surface area contributed by atoms with Crippen LogP contribution in [0.5, 0.6) is 0 Å². The lowest BCUT2D eigenvalue weighted by atomic mass is 10.2. The van der Waals surface area contributed by atoms with E-state index < -0.39 is 20.6 Å². The molecule has 0 atom stereocenters. The molecule has 0 radical (unpaired) electrons. The molecule has 0 amide bonds. The maximum absolute atomic E-state index is 13.1. The minimum Gasteiger partial charge on any atom is -0.350 e. The van der Waals surface area contributed by atoms with Gasteiger partial charge in [0, 0.05) is 18.0 Å². The van der Waals surface area contributed by atoms with Gasteiger partial charge in [-0.05, 0) is 42.8 Å². The van der Waals surface area contributed by atoms with Crippen LogP contribution in [0.4, 0.5) is 21.5 Å². The molecule has 116 valence electrons. The third-order valence-corrected chi connectivity index (χ3v) is 4.16. The third-order valence-electron chi connectivity index (χ3n) is 3.05. The summed E-state index contributed by atoms with van der Waals surface area (Å²) in [5, 5.41) is 14.0. The molecule has 6 nitrogen and oxygen atoms in total. The van der Waals surface area contributed by atoms with Crippen molar-refractivity contribution in [2.45, 2.75) is 11.8 Å². The van der Waals surface area contributed by atoms with Gasteiger partial charge in [0.15, 0.2) is 9.84 Å². The van der Waals surface area contributed by atoms with Crippen LogP contribution in [0.1, 0.15) is 5.56 Å². The molecule has 0 unspecified atom stereocenters. The number of anilines is 2. The Bertz CT molecular complexity index is 850. The highest BCUT2D eigenvalue weighted by atomic mass is 32.2. The summed E-state index contributed by atoms with van der Waals surface area (Å²) in [5.74, 6) is -0.412. The van der Waals surface area contributed by atoms with E-state index in [-0.39, 0.29) is 16.3 Å². The highest BCUT2D eigenvalue weighted by Crippen LogP contribution is 2.31. The Balaban J connectivity index is 2.49. The van der Waals surface area contributed by atoms with Crippen molar-refractivity contribution in [2.24, 2.45) is 0 Å². The van der Waals surface area contributed by atoms with Crippen molar-refractivity contribution in [3.63, 3.8) is 0 Å². The highest BCUT2D eigenvalue weighted by molar-refractivity contribution is 7.90. The van der Waals surface area contributed by atoms with Crippen LogP contribution in [0.3, 0.4) is 0 Å². The summed E-state index contributed by atoms with van der Waals surface area (Å²) < 4.78 is 36.0. The van der Waals surface area contributed by atoms with E-state index >= 15 is 0 Å². The Kier molecular flexibility index (Phi) is 4.14. The van der Waals surface area contributed by atoms with Gasteiger partial charge < -0.3 is 5.32 Å². The Labute approximate surface area is 126 Å². The summed E-state index contributed by atoms with van der Waals surface area (Å²) >= 11 is 0. The van der Waals surface area contributed by atoms with E-state index in [2.05, 4.69) is 5.32 Å². The summed E-state index contributed by atoms with van der Waals surface area (Å²) in [6.07, 6.45) is 0.975. The molecule has 0 saturated carbocycles. The summed E-state index contributed by atoms with van der Waals surface area (Å²) in [4.78, 5) is 10.3. The molecule has 8 heteroatoms. The third kappa shape index (κ3) is 3.40. The van der Waals surface area contributed by atoms with Crippen molar-refractivity contribution in [3.05, 3.63) is 57.9 Å². The van der Waals surface area contributed by atoms with Crippen LogP contribution in [0.2, 0.25) is 0 Å². The number of hydrogen-bond acceptors (Lipinski definition) is 5.